The fourth-order valence-electron chi connectivity index (χ4n) is 4.03. The van der Waals surface area contributed by atoms with Crippen LogP contribution in [0.4, 0.5) is 5.69 Å². The van der Waals surface area contributed by atoms with Gasteiger partial charge in [0.25, 0.3) is 17.4 Å². The number of carbonyl (C=O) groups is 3. The van der Waals surface area contributed by atoms with E-state index in [1.54, 1.807) is 12.1 Å². The second-order valence-electron chi connectivity index (χ2n) is 8.01. The van der Waals surface area contributed by atoms with Crippen molar-refractivity contribution in [3.63, 3.8) is 0 Å². The Labute approximate surface area is 204 Å². The minimum absolute atomic E-state index is 0.00779. The third-order valence-electron chi connectivity index (χ3n) is 5.81. The summed E-state index contributed by atoms with van der Waals surface area (Å²) in [4.78, 5) is 49.8. The molecule has 1 aliphatic heterocycles. The quantitative estimate of drug-likeness (QED) is 0.133. The molecule has 10 nitrogen and oxygen atoms in total. The molecule has 1 aliphatic rings. The predicted molar refractivity (Wildman–Crippen MR) is 127 cm³/mol. The number of nitro groups is 1. The highest BCUT2D eigenvalue weighted by Crippen LogP contribution is 2.41. The molecule has 0 aromatic heterocycles. The zero-order valence-electron chi connectivity index (χ0n) is 19.0. The molecule has 1 saturated heterocycles. The average Bonchev–Trinajstić information content (AvgIpc) is 3.13. The number of methoxy groups -OCH3 is 1. The summed E-state index contributed by atoms with van der Waals surface area (Å²) in [5.74, 6) is -2.95. The van der Waals surface area contributed by atoms with E-state index in [1.807, 2.05) is 0 Å². The second kappa shape index (κ2) is 9.71. The number of phenolic OH excluding ortho intramolecular Hbond substituents is 1. The van der Waals surface area contributed by atoms with E-state index in [4.69, 9.17) is 0 Å². The second-order valence-corrected chi connectivity index (χ2v) is 8.01. The molecular formula is C26H20N2O8. The largest absolute Gasteiger partial charge is 0.508 e. The number of phenols is 1. The molecule has 10 heteroatoms. The lowest BCUT2D eigenvalue weighted by Gasteiger charge is -2.25. The van der Waals surface area contributed by atoms with Gasteiger partial charge in [-0.25, -0.2) is 4.79 Å². The Balaban J connectivity index is 1.81. The van der Waals surface area contributed by atoms with Crippen LogP contribution in [0.3, 0.4) is 0 Å². The smallest absolute Gasteiger partial charge is 0.337 e. The maximum atomic E-state index is 13.1. The van der Waals surface area contributed by atoms with Gasteiger partial charge < -0.3 is 19.8 Å². The number of esters is 1. The highest BCUT2D eigenvalue weighted by atomic mass is 16.6. The molecule has 3 aromatic rings. The van der Waals surface area contributed by atoms with E-state index in [2.05, 4.69) is 4.74 Å². The summed E-state index contributed by atoms with van der Waals surface area (Å²) in [7, 11) is 1.26. The Morgan fingerprint density at radius 3 is 2.31 bits per heavy atom. The van der Waals surface area contributed by atoms with E-state index >= 15 is 0 Å². The van der Waals surface area contributed by atoms with Gasteiger partial charge in [-0.3, -0.25) is 19.7 Å². The number of Topliss-reactive ketones (excluding diaryl/α,β-unsaturated/α-hetero) is 1. The predicted octanol–water partition coefficient (Wildman–Crippen LogP) is 3.71. The van der Waals surface area contributed by atoms with Gasteiger partial charge in [0.05, 0.1) is 29.2 Å². The molecule has 0 aliphatic carbocycles. The Morgan fingerprint density at radius 2 is 1.69 bits per heavy atom. The third-order valence-corrected chi connectivity index (χ3v) is 5.81. The first-order valence-electron chi connectivity index (χ1n) is 10.7. The molecule has 3 aromatic carbocycles. The minimum atomic E-state index is -1.04. The molecule has 0 radical (unpaired) electrons. The first-order valence-corrected chi connectivity index (χ1v) is 10.7. The van der Waals surface area contributed by atoms with Gasteiger partial charge in [0, 0.05) is 24.2 Å². The topological polar surface area (TPSA) is 147 Å². The number of carbonyl (C=O) groups excluding carboxylic acids is 3. The molecule has 182 valence electrons. The maximum Gasteiger partial charge on any atom is 0.337 e. The van der Waals surface area contributed by atoms with Crippen LogP contribution in [0.5, 0.6) is 5.75 Å². The monoisotopic (exact) mass is 488 g/mol. The summed E-state index contributed by atoms with van der Waals surface area (Å²) < 4.78 is 4.69. The number of benzene rings is 3. The molecule has 1 heterocycles. The van der Waals surface area contributed by atoms with Crippen molar-refractivity contribution in [2.45, 2.75) is 12.6 Å². The summed E-state index contributed by atoms with van der Waals surface area (Å²) in [5, 5.41) is 32.0. The fraction of sp³-hybridized carbons (Fsp3) is 0.115. The number of ketones is 1. The molecule has 1 fully saturated rings. The van der Waals surface area contributed by atoms with Crippen LogP contribution in [0, 0.1) is 10.1 Å². The van der Waals surface area contributed by atoms with Gasteiger partial charge in [-0.05, 0) is 35.4 Å². The molecule has 36 heavy (non-hydrogen) atoms. The Kier molecular flexibility index (Phi) is 6.51. The van der Waals surface area contributed by atoms with Gasteiger partial charge in [-0.2, -0.15) is 0 Å². The number of aromatic hydroxyl groups is 1. The third kappa shape index (κ3) is 4.51. The highest BCUT2D eigenvalue weighted by Gasteiger charge is 2.46. The SMILES string of the molecule is COC(=O)c1ccc(CN2C(=O)C(=O)/C(=C(\O)c3cccc([N+](=O)[O-])c3)C2c2ccc(O)cc2)cc1. The average molecular weight is 488 g/mol. The summed E-state index contributed by atoms with van der Waals surface area (Å²) in [5.41, 5.74) is 0.823. The van der Waals surface area contributed by atoms with E-state index in [0.717, 1.165) is 6.07 Å². The van der Waals surface area contributed by atoms with Crippen LogP contribution < -0.4 is 0 Å². The standard InChI is InChI=1S/C26H20N2O8/c1-36-26(33)17-7-5-15(6-8-17)14-27-22(16-9-11-20(29)12-10-16)21(24(31)25(27)32)23(30)18-3-2-4-19(13-18)28(34)35/h2-13,22,29-30H,14H2,1H3/b23-21-. The van der Waals surface area contributed by atoms with Crippen LogP contribution in [0.1, 0.15) is 33.1 Å². The van der Waals surface area contributed by atoms with E-state index in [-0.39, 0.29) is 29.1 Å². The van der Waals surface area contributed by atoms with Crippen molar-refractivity contribution in [1.82, 2.24) is 4.90 Å². The summed E-state index contributed by atoms with van der Waals surface area (Å²) in [6.45, 7) is -0.0384. The first kappa shape index (κ1) is 24.1. The number of aliphatic hydroxyl groups excluding tert-OH is 1. The lowest BCUT2D eigenvalue weighted by molar-refractivity contribution is -0.384. The number of hydrogen-bond donors (Lipinski definition) is 2. The van der Waals surface area contributed by atoms with Crippen molar-refractivity contribution in [2.75, 3.05) is 7.11 Å². The van der Waals surface area contributed by atoms with E-state index < -0.39 is 34.4 Å². The number of non-ortho nitro benzene ring substituents is 1. The minimum Gasteiger partial charge on any atom is -0.508 e. The Hall–Kier alpha value is -4.99. The molecule has 1 atom stereocenters. The van der Waals surface area contributed by atoms with Crippen molar-refractivity contribution in [3.8, 4) is 5.75 Å². The zero-order chi connectivity index (χ0) is 26.0. The zero-order valence-corrected chi connectivity index (χ0v) is 19.0. The van der Waals surface area contributed by atoms with Gasteiger partial charge in [0.15, 0.2) is 0 Å². The van der Waals surface area contributed by atoms with Crippen molar-refractivity contribution >= 4 is 29.1 Å². The summed E-state index contributed by atoms with van der Waals surface area (Å²) in [6.07, 6.45) is 0. The lowest BCUT2D eigenvalue weighted by Crippen LogP contribution is -2.29. The number of ether oxygens (including phenoxy) is 1. The van der Waals surface area contributed by atoms with Crippen LogP contribution in [-0.2, 0) is 20.9 Å². The maximum absolute atomic E-state index is 13.1. The van der Waals surface area contributed by atoms with Crippen molar-refractivity contribution in [3.05, 3.63) is 111 Å². The molecule has 0 spiro atoms. The van der Waals surface area contributed by atoms with Crippen LogP contribution >= 0.6 is 0 Å². The van der Waals surface area contributed by atoms with E-state index in [1.165, 1.54) is 66.6 Å². The Bertz CT molecular complexity index is 1390. The Morgan fingerprint density at radius 1 is 1.03 bits per heavy atom. The molecule has 1 unspecified atom stereocenters. The van der Waals surface area contributed by atoms with Crippen LogP contribution in [-0.4, -0.2) is 44.8 Å². The van der Waals surface area contributed by atoms with Gasteiger partial charge in [-0.1, -0.05) is 36.4 Å². The fourth-order valence-corrected chi connectivity index (χ4v) is 4.03. The van der Waals surface area contributed by atoms with Gasteiger partial charge in [-0.15, -0.1) is 0 Å². The number of amides is 1. The number of nitrogens with zero attached hydrogens (tertiary/aromatic N) is 2. The summed E-state index contributed by atoms with van der Waals surface area (Å²) >= 11 is 0. The number of hydrogen-bond acceptors (Lipinski definition) is 8. The highest BCUT2D eigenvalue weighted by molar-refractivity contribution is 6.46. The molecule has 2 N–H and O–H groups in total. The lowest BCUT2D eigenvalue weighted by atomic mass is 9.95. The number of likely N-dealkylation sites (tertiary alicyclic amines) is 1. The summed E-state index contributed by atoms with van der Waals surface area (Å²) in [6, 6.07) is 16.1. The van der Waals surface area contributed by atoms with Crippen LogP contribution in [0.2, 0.25) is 0 Å². The molecule has 1 amide bonds. The molecule has 0 bridgehead atoms. The molecular weight excluding hydrogens is 468 g/mol. The van der Waals surface area contributed by atoms with Gasteiger partial charge >= 0.3 is 5.97 Å². The van der Waals surface area contributed by atoms with Crippen LogP contribution in [0.25, 0.3) is 5.76 Å². The van der Waals surface area contributed by atoms with Crippen LogP contribution in [0.15, 0.2) is 78.4 Å². The van der Waals surface area contributed by atoms with E-state index in [0.29, 0.717) is 16.7 Å². The number of aliphatic hydroxyl groups is 1. The molecule has 4 rings (SSSR count). The number of nitro benzene ring substituents is 1. The van der Waals surface area contributed by atoms with Crippen molar-refractivity contribution in [1.29, 1.82) is 0 Å². The van der Waals surface area contributed by atoms with E-state index in [9.17, 15) is 34.7 Å². The first-order chi connectivity index (χ1) is 17.2. The van der Waals surface area contributed by atoms with Crippen molar-refractivity contribution < 1.29 is 34.3 Å². The molecule has 0 saturated carbocycles. The number of rotatable bonds is 6. The van der Waals surface area contributed by atoms with Gasteiger partial charge in [0.1, 0.15) is 11.5 Å². The normalized spacial score (nSPS) is 16.7. The van der Waals surface area contributed by atoms with Crippen molar-refractivity contribution in [2.24, 2.45) is 0 Å². The van der Waals surface area contributed by atoms with Gasteiger partial charge in [0.2, 0.25) is 0 Å².